The summed E-state index contributed by atoms with van der Waals surface area (Å²) in [6, 6.07) is 26.4. The first-order valence-corrected chi connectivity index (χ1v) is 23.1. The smallest absolute Gasteiger partial charge is 0.321 e. The Hall–Kier alpha value is -5.07. The molecule has 0 aliphatic rings. The number of rotatable bonds is 14. The Morgan fingerprint density at radius 1 is 0.569 bits per heavy atom. The third kappa shape index (κ3) is 14.2. The Labute approximate surface area is 399 Å². The molecule has 0 radical (unpaired) electrons. The zero-order valence-corrected chi connectivity index (χ0v) is 42.7. The maximum atomic E-state index is 13.6. The van der Waals surface area contributed by atoms with E-state index in [4.69, 9.17) is 15.2 Å². The number of nitrogens with two attached hydrogens (primary N) is 1. The van der Waals surface area contributed by atoms with Gasteiger partial charge in [-0.1, -0.05) is 91.0 Å². The number of benzene rings is 5. The molecule has 0 saturated heterocycles. The molecule has 0 unspecified atom stereocenters. The standard InChI is InChI=1S/C25H30N2O2S.C15H19NO6.C12H18.Ru/c1-16-17(2)19(4)25(20(5)18(16)3)30(28,29)27-24(22-14-10-7-11-15-22)23(26)21-12-8-6-9-13-21;1-3-21-14(17)13(15(18)22-4-2)12(10-16(19)20)11-8-6-5-7-9-11;1-7-8(2)10(4)12(6)11(5)9(7)3;/h6-15,23-24,27H,26H2,1-5H3;5-9,12-13H,3-4,10H2,1-2H3;1-6H3;/t23-,24-;12-;;/m00../s1. The van der Waals surface area contributed by atoms with E-state index in [-0.39, 0.29) is 32.7 Å². The van der Waals surface area contributed by atoms with Gasteiger partial charge >= 0.3 is 11.9 Å². The van der Waals surface area contributed by atoms with Crippen molar-refractivity contribution < 1.29 is 51.9 Å². The van der Waals surface area contributed by atoms with E-state index in [1.807, 2.05) is 95.3 Å². The van der Waals surface area contributed by atoms with E-state index in [9.17, 15) is 28.1 Å². The number of nitrogens with zero attached hydrogens (tertiary/aromatic N) is 1. The van der Waals surface area contributed by atoms with Gasteiger partial charge in [-0.15, -0.1) is 0 Å². The largest absolute Gasteiger partial charge is 0.465 e. The van der Waals surface area contributed by atoms with Crippen molar-refractivity contribution >= 4 is 22.0 Å². The van der Waals surface area contributed by atoms with Gasteiger partial charge in [0.15, 0.2) is 5.92 Å². The van der Waals surface area contributed by atoms with Crippen molar-refractivity contribution in [2.75, 3.05) is 19.8 Å². The Balaban J connectivity index is 0.000000364. The number of ether oxygens (including phenoxy) is 2. The Kier molecular flexibility index (Phi) is 22.1. The Morgan fingerprint density at radius 3 is 1.20 bits per heavy atom. The number of nitro groups is 1. The van der Waals surface area contributed by atoms with E-state index in [0.29, 0.717) is 10.5 Å². The number of carbonyl (C=O) groups excluding carboxylic acids is 2. The Bertz CT molecular complexity index is 2350. The van der Waals surface area contributed by atoms with Crippen molar-refractivity contribution in [1.29, 1.82) is 0 Å². The number of sulfonamides is 1. The van der Waals surface area contributed by atoms with Gasteiger partial charge in [-0.05, 0) is 168 Å². The minimum Gasteiger partial charge on any atom is -0.465 e. The van der Waals surface area contributed by atoms with Gasteiger partial charge < -0.3 is 15.2 Å². The van der Waals surface area contributed by atoms with Gasteiger partial charge in [0, 0.05) is 24.4 Å². The molecule has 0 bridgehead atoms. The molecule has 65 heavy (non-hydrogen) atoms. The summed E-state index contributed by atoms with van der Waals surface area (Å²) in [6.45, 7) is 25.8. The fourth-order valence-electron chi connectivity index (χ4n) is 7.81. The van der Waals surface area contributed by atoms with Crippen LogP contribution in [-0.4, -0.2) is 45.0 Å². The van der Waals surface area contributed by atoms with Crippen molar-refractivity contribution in [2.24, 2.45) is 11.7 Å². The van der Waals surface area contributed by atoms with Crippen LogP contribution >= 0.6 is 0 Å². The first kappa shape index (κ1) is 56.1. The van der Waals surface area contributed by atoms with Crippen molar-refractivity contribution in [2.45, 2.75) is 113 Å². The molecule has 13 heteroatoms. The summed E-state index contributed by atoms with van der Waals surface area (Å²) in [5.41, 5.74) is 22.2. The van der Waals surface area contributed by atoms with Crippen LogP contribution in [0.1, 0.15) is 110 Å². The van der Waals surface area contributed by atoms with Crippen molar-refractivity contribution in [3.63, 3.8) is 0 Å². The monoisotopic (exact) mass is 995 g/mol. The average molecular weight is 995 g/mol. The van der Waals surface area contributed by atoms with Crippen molar-refractivity contribution in [3.05, 3.63) is 179 Å². The van der Waals surface area contributed by atoms with Gasteiger partial charge in [-0.25, -0.2) is 13.1 Å². The molecular formula is C52H67N3O8RuS. The quantitative estimate of drug-likeness (QED) is 0.0362. The van der Waals surface area contributed by atoms with Crippen LogP contribution in [0.3, 0.4) is 0 Å². The molecule has 0 spiro atoms. The second-order valence-electron chi connectivity index (χ2n) is 16.2. The van der Waals surface area contributed by atoms with Crippen molar-refractivity contribution in [3.8, 4) is 0 Å². The Morgan fingerprint density at radius 2 is 0.877 bits per heavy atom. The maximum Gasteiger partial charge on any atom is 0.321 e. The summed E-state index contributed by atoms with van der Waals surface area (Å²) in [4.78, 5) is 35.0. The van der Waals surface area contributed by atoms with E-state index in [1.54, 1.807) is 44.2 Å². The fourth-order valence-corrected chi connectivity index (χ4v) is 9.66. The summed E-state index contributed by atoms with van der Waals surface area (Å²) in [7, 11) is -3.81. The first-order valence-electron chi connectivity index (χ1n) is 21.6. The van der Waals surface area contributed by atoms with Gasteiger partial charge in [-0.3, -0.25) is 19.7 Å². The van der Waals surface area contributed by atoms with Gasteiger partial charge in [0.25, 0.3) is 0 Å². The van der Waals surface area contributed by atoms with E-state index >= 15 is 0 Å². The van der Waals surface area contributed by atoms with E-state index < -0.39 is 57.3 Å². The van der Waals surface area contributed by atoms with Gasteiger partial charge in [0.2, 0.25) is 16.6 Å². The summed E-state index contributed by atoms with van der Waals surface area (Å²) in [6.07, 6.45) is 0. The fraction of sp³-hybridized carbons (Fsp3) is 0.385. The third-order valence-corrected chi connectivity index (χ3v) is 14.3. The third-order valence-electron chi connectivity index (χ3n) is 12.6. The number of nitrogens with one attached hydrogen (secondary N) is 1. The molecule has 0 aliphatic heterocycles. The van der Waals surface area contributed by atoms with Crippen molar-refractivity contribution in [1.82, 2.24) is 4.72 Å². The van der Waals surface area contributed by atoms with Crippen LogP contribution in [0.25, 0.3) is 0 Å². The molecule has 0 aromatic heterocycles. The van der Waals surface area contributed by atoms with Crippen LogP contribution in [0.5, 0.6) is 0 Å². The summed E-state index contributed by atoms with van der Waals surface area (Å²) >= 11 is 0. The average Bonchev–Trinajstić information content (AvgIpc) is 3.28. The molecule has 5 rings (SSSR count). The number of esters is 2. The number of hydrogen-bond acceptors (Lipinski definition) is 9. The molecule has 0 aliphatic carbocycles. The number of carbonyl (C=O) groups is 2. The first-order chi connectivity index (χ1) is 30.1. The zero-order chi connectivity index (χ0) is 48.1. The van der Waals surface area contributed by atoms with E-state index in [1.165, 1.54) is 33.4 Å². The zero-order valence-electron chi connectivity index (χ0n) is 40.1. The van der Waals surface area contributed by atoms with Crippen LogP contribution in [0.4, 0.5) is 0 Å². The SMILES string of the molecule is CCOC(=O)C(C(=O)OCC)[C@@H](C[N+](=O)[O-])c1ccccc1.Cc1c(C)c(C)c(C)c(C)c1C.Cc1c(C)c(C)c(S(=O)(=O)N[C@@H](c2ccccc2)[C@@H](N)c2ccccc2)c(C)c1C.[Ru]. The molecule has 0 amide bonds. The molecule has 0 saturated carbocycles. The minimum atomic E-state index is -3.81. The molecule has 5 aromatic carbocycles. The predicted octanol–water partition coefficient (Wildman–Crippen LogP) is 10.3. The molecular weight excluding hydrogens is 928 g/mol. The molecule has 352 valence electrons. The van der Waals surface area contributed by atoms with Gasteiger partial charge in [0.1, 0.15) is 0 Å². The van der Waals surface area contributed by atoms with Crippen LogP contribution in [-0.2, 0) is 48.6 Å². The minimum absolute atomic E-state index is 0. The summed E-state index contributed by atoms with van der Waals surface area (Å²) < 4.78 is 40.0. The van der Waals surface area contributed by atoms with E-state index in [2.05, 4.69) is 46.3 Å². The summed E-state index contributed by atoms with van der Waals surface area (Å²) in [5, 5.41) is 10.9. The molecule has 5 aromatic rings. The molecule has 3 N–H and O–H groups in total. The second kappa shape index (κ2) is 25.6. The number of hydrogen-bond donors (Lipinski definition) is 2. The van der Waals surface area contributed by atoms with Crippen LogP contribution in [0, 0.1) is 92.2 Å². The molecule has 3 atom stereocenters. The molecule has 11 nitrogen and oxygen atoms in total. The summed E-state index contributed by atoms with van der Waals surface area (Å²) in [5.74, 6) is -3.91. The van der Waals surface area contributed by atoms with E-state index in [0.717, 1.165) is 38.9 Å². The topological polar surface area (TPSA) is 168 Å². The van der Waals surface area contributed by atoms with Crippen LogP contribution < -0.4 is 10.5 Å². The maximum absolute atomic E-state index is 13.6. The van der Waals surface area contributed by atoms with Gasteiger partial charge in [0.05, 0.1) is 36.1 Å². The molecule has 0 fully saturated rings. The molecule has 0 heterocycles. The van der Waals surface area contributed by atoms with Crippen LogP contribution in [0.2, 0.25) is 0 Å². The normalized spacial score (nSPS) is 12.3. The second-order valence-corrected chi connectivity index (χ2v) is 17.8. The van der Waals surface area contributed by atoms with Gasteiger partial charge in [-0.2, -0.15) is 0 Å². The van der Waals surface area contributed by atoms with Crippen LogP contribution in [0.15, 0.2) is 95.9 Å². The predicted molar refractivity (Wildman–Crippen MR) is 256 cm³/mol.